The van der Waals surface area contributed by atoms with Gasteiger partial charge in [-0.2, -0.15) is 0 Å². The molecule has 0 radical (unpaired) electrons. The molecule has 7 amide bonds. The molecule has 262 valence electrons. The van der Waals surface area contributed by atoms with Crippen molar-refractivity contribution in [3.05, 3.63) is 0 Å². The van der Waals surface area contributed by atoms with Crippen molar-refractivity contribution in [1.82, 2.24) is 37.2 Å². The minimum atomic E-state index is -1.40. The molecule has 1 aliphatic heterocycles. The summed E-state index contributed by atoms with van der Waals surface area (Å²) in [6.07, 6.45) is -1.03. The van der Waals surface area contributed by atoms with Crippen molar-refractivity contribution in [2.45, 2.75) is 95.6 Å². The van der Waals surface area contributed by atoms with Gasteiger partial charge in [-0.1, -0.05) is 13.8 Å². The molecule has 0 saturated carbocycles. The molecule has 1 fully saturated rings. The van der Waals surface area contributed by atoms with Crippen LogP contribution < -0.4 is 54.4 Å². The van der Waals surface area contributed by atoms with E-state index in [0.29, 0.717) is 0 Å². The summed E-state index contributed by atoms with van der Waals surface area (Å²) in [5.74, 6) is -4.90. The van der Waals surface area contributed by atoms with Crippen LogP contribution in [0.15, 0.2) is 0 Å². The fourth-order valence-electron chi connectivity index (χ4n) is 4.59. The first kappa shape index (κ1) is 40.2. The molecule has 0 aliphatic carbocycles. The molecule has 0 aromatic heterocycles. The smallest absolute Gasteiger partial charge is 0.245 e. The van der Waals surface area contributed by atoms with Crippen LogP contribution in [0.5, 0.6) is 0 Å². The Balaban J connectivity index is 3.37. The maximum atomic E-state index is 13.3. The van der Waals surface area contributed by atoms with Crippen molar-refractivity contribution in [1.29, 1.82) is 0 Å². The highest BCUT2D eigenvalue weighted by Crippen LogP contribution is 2.07. The fraction of sp³-hybridized carbons (Fsp3) is 0.750. The Morgan fingerprint density at radius 2 is 1.11 bits per heavy atom. The lowest BCUT2D eigenvalue weighted by Gasteiger charge is -2.27. The van der Waals surface area contributed by atoms with E-state index in [1.54, 1.807) is 0 Å². The van der Waals surface area contributed by atoms with Gasteiger partial charge in [0.2, 0.25) is 41.4 Å². The number of carbonyl (C=O) groups is 7. The molecule has 6 atom stereocenters. The van der Waals surface area contributed by atoms with Gasteiger partial charge in [-0.15, -0.1) is 0 Å². The third kappa shape index (κ3) is 14.5. The summed E-state index contributed by atoms with van der Waals surface area (Å²) in [6.45, 7) is 4.47. The van der Waals surface area contributed by atoms with Crippen LogP contribution in [0.3, 0.4) is 0 Å². The molecule has 1 aliphatic rings. The van der Waals surface area contributed by atoms with E-state index in [1.807, 2.05) is 13.8 Å². The van der Waals surface area contributed by atoms with Crippen molar-refractivity contribution in [2.75, 3.05) is 32.7 Å². The molecular weight excluding hydrogens is 604 g/mol. The van der Waals surface area contributed by atoms with Gasteiger partial charge in [0.25, 0.3) is 0 Å². The zero-order valence-corrected chi connectivity index (χ0v) is 26.9. The topological polar surface area (TPSA) is 302 Å². The first-order chi connectivity index (χ1) is 21.7. The average molecular weight is 657 g/mol. The van der Waals surface area contributed by atoms with Gasteiger partial charge in [0.15, 0.2) is 0 Å². The van der Waals surface area contributed by atoms with Crippen molar-refractivity contribution in [2.24, 2.45) is 23.1 Å². The van der Waals surface area contributed by atoms with Crippen LogP contribution in [0.25, 0.3) is 0 Å². The number of carbonyl (C=O) groups excluding carboxylic acids is 7. The van der Waals surface area contributed by atoms with Crippen LogP contribution in [0.4, 0.5) is 0 Å². The number of nitrogens with one attached hydrogen (secondary N) is 7. The summed E-state index contributed by atoms with van der Waals surface area (Å²) >= 11 is 0. The third-order valence-corrected chi connectivity index (χ3v) is 7.01. The van der Waals surface area contributed by atoms with E-state index in [9.17, 15) is 38.7 Å². The molecule has 0 aromatic carbocycles. The minimum Gasteiger partial charge on any atom is -0.391 e. The van der Waals surface area contributed by atoms with Crippen LogP contribution >= 0.6 is 0 Å². The second kappa shape index (κ2) is 21.0. The molecule has 0 spiro atoms. The Morgan fingerprint density at radius 1 is 0.630 bits per heavy atom. The summed E-state index contributed by atoms with van der Waals surface area (Å²) in [4.78, 5) is 90.6. The quantitative estimate of drug-likeness (QED) is 0.112. The normalized spacial score (nSPS) is 26.1. The van der Waals surface area contributed by atoms with E-state index in [0.717, 1.165) is 0 Å². The van der Waals surface area contributed by atoms with Crippen LogP contribution in [0.1, 0.15) is 59.3 Å². The van der Waals surface area contributed by atoms with Crippen LogP contribution in [-0.4, -0.2) is 115 Å². The van der Waals surface area contributed by atoms with E-state index in [2.05, 4.69) is 37.2 Å². The maximum absolute atomic E-state index is 13.3. The van der Waals surface area contributed by atoms with Gasteiger partial charge in [0.1, 0.15) is 30.2 Å². The number of aliphatic hydroxyl groups is 1. The van der Waals surface area contributed by atoms with Gasteiger partial charge >= 0.3 is 0 Å². The predicted molar refractivity (Wildman–Crippen MR) is 167 cm³/mol. The van der Waals surface area contributed by atoms with E-state index >= 15 is 0 Å². The largest absolute Gasteiger partial charge is 0.391 e. The highest BCUT2D eigenvalue weighted by atomic mass is 16.3. The van der Waals surface area contributed by atoms with Gasteiger partial charge in [0, 0.05) is 13.0 Å². The third-order valence-electron chi connectivity index (χ3n) is 7.01. The number of hydrogen-bond acceptors (Lipinski definition) is 11. The molecule has 1 unspecified atom stereocenters. The van der Waals surface area contributed by atoms with E-state index in [1.165, 1.54) is 6.92 Å². The zero-order chi connectivity index (χ0) is 34.8. The van der Waals surface area contributed by atoms with E-state index in [-0.39, 0.29) is 70.6 Å². The molecule has 18 heteroatoms. The van der Waals surface area contributed by atoms with Gasteiger partial charge in [-0.25, -0.2) is 0 Å². The van der Waals surface area contributed by atoms with Crippen molar-refractivity contribution in [3.63, 3.8) is 0 Å². The first-order valence-corrected chi connectivity index (χ1v) is 15.6. The fourth-order valence-corrected chi connectivity index (χ4v) is 4.59. The van der Waals surface area contributed by atoms with Crippen molar-refractivity contribution < 1.29 is 38.7 Å². The van der Waals surface area contributed by atoms with E-state index < -0.39 is 84.2 Å². The monoisotopic (exact) mass is 656 g/mol. The van der Waals surface area contributed by atoms with Gasteiger partial charge < -0.3 is 59.5 Å². The summed E-state index contributed by atoms with van der Waals surface area (Å²) < 4.78 is 0. The van der Waals surface area contributed by atoms with Gasteiger partial charge in [-0.3, -0.25) is 33.6 Å². The molecule has 1 heterocycles. The number of nitrogens with two attached hydrogens (primary N) is 3. The molecule has 1 rings (SSSR count). The molecule has 1 saturated heterocycles. The number of hydrogen-bond donors (Lipinski definition) is 11. The Bertz CT molecular complexity index is 1060. The van der Waals surface area contributed by atoms with Gasteiger partial charge in [-0.05, 0) is 64.6 Å². The SMILES string of the molecule is CC(C)C[C@@H]1NC(=O)CNC(=O)[C@H](CCN)NC(=O)CCCNC(=O)C([C@@H](C)O)NC(=O)[C@H](CCN)NC(=O)[C@H](CCN)NC1=O. The lowest BCUT2D eigenvalue weighted by atomic mass is 10.0. The predicted octanol–water partition coefficient (Wildman–Crippen LogP) is -5.09. The standard InChI is InChI=1S/C28H52N10O8/c1-15(2)13-20-27(45)37-18(7-10-30)25(43)36-19(8-11-31)26(44)38-23(16(3)39)28(46)32-12-4-5-21(40)34-17(6-9-29)24(42)33-14-22(41)35-20/h15-20,23,39H,4-14,29-31H2,1-3H3,(H,32,46)(H,33,42)(H,34,40)(H,35,41)(H,36,43)(H,37,45)(H,38,44)/t16-,17+,18+,19+,20+,23?/m1/s1. The highest BCUT2D eigenvalue weighted by molar-refractivity contribution is 5.96. The second-order valence-electron chi connectivity index (χ2n) is 11.6. The molecule has 0 bridgehead atoms. The maximum Gasteiger partial charge on any atom is 0.245 e. The van der Waals surface area contributed by atoms with Crippen LogP contribution in [-0.2, 0) is 33.6 Å². The first-order valence-electron chi connectivity index (χ1n) is 15.6. The van der Waals surface area contributed by atoms with Crippen molar-refractivity contribution in [3.8, 4) is 0 Å². The lowest BCUT2D eigenvalue weighted by Crippen LogP contribution is -2.60. The Morgan fingerprint density at radius 3 is 1.61 bits per heavy atom. The minimum absolute atomic E-state index is 0.000240. The van der Waals surface area contributed by atoms with E-state index in [4.69, 9.17) is 17.2 Å². The average Bonchev–Trinajstić information content (AvgIpc) is 2.98. The Kier molecular flexibility index (Phi) is 18.4. The zero-order valence-electron chi connectivity index (χ0n) is 26.9. The summed E-state index contributed by atoms with van der Waals surface area (Å²) in [5, 5.41) is 27.8. The number of amides is 7. The summed E-state index contributed by atoms with van der Waals surface area (Å²) in [5.41, 5.74) is 17.0. The Hall–Kier alpha value is -3.87. The summed E-state index contributed by atoms with van der Waals surface area (Å²) in [6, 6.07) is -5.96. The molecule has 46 heavy (non-hydrogen) atoms. The molecule has 14 N–H and O–H groups in total. The summed E-state index contributed by atoms with van der Waals surface area (Å²) in [7, 11) is 0. The Labute approximate surface area is 268 Å². The molecular formula is C28H52N10O8. The van der Waals surface area contributed by atoms with Crippen molar-refractivity contribution >= 4 is 41.4 Å². The number of rotatable bonds is 9. The molecule has 18 nitrogen and oxygen atoms in total. The highest BCUT2D eigenvalue weighted by Gasteiger charge is 2.32. The molecule has 0 aromatic rings. The number of aliphatic hydroxyl groups excluding tert-OH is 1. The van der Waals surface area contributed by atoms with Gasteiger partial charge in [0.05, 0.1) is 12.6 Å². The van der Waals surface area contributed by atoms with Crippen LogP contribution in [0.2, 0.25) is 0 Å². The second-order valence-corrected chi connectivity index (χ2v) is 11.6. The van der Waals surface area contributed by atoms with Crippen LogP contribution in [0, 0.1) is 5.92 Å². The lowest BCUT2D eigenvalue weighted by molar-refractivity contribution is -0.135.